The van der Waals surface area contributed by atoms with E-state index in [4.69, 9.17) is 4.98 Å². The molecular formula is C26H32N4O3S. The number of benzene rings is 1. The molecule has 1 aromatic carbocycles. The number of fused-ring (bicyclic) bond motifs is 1. The van der Waals surface area contributed by atoms with Crippen molar-refractivity contribution in [1.82, 2.24) is 19.6 Å². The first kappa shape index (κ1) is 24.3. The molecule has 7 nitrogen and oxygen atoms in total. The van der Waals surface area contributed by atoms with Crippen LogP contribution in [0.3, 0.4) is 0 Å². The number of hydrogen-bond donors (Lipinski definition) is 1. The Balaban J connectivity index is 1.77. The Morgan fingerprint density at radius 2 is 1.88 bits per heavy atom. The van der Waals surface area contributed by atoms with E-state index in [1.165, 1.54) is 0 Å². The largest absolute Gasteiger partial charge is 0.352 e. The molecule has 0 bridgehead atoms. The van der Waals surface area contributed by atoms with Crippen molar-refractivity contribution in [2.75, 3.05) is 19.6 Å². The van der Waals surface area contributed by atoms with Crippen LogP contribution in [0.2, 0.25) is 0 Å². The van der Waals surface area contributed by atoms with E-state index in [1.54, 1.807) is 34.8 Å². The molecule has 1 N–H and O–H groups in total. The molecule has 0 saturated carbocycles. The Morgan fingerprint density at radius 1 is 1.12 bits per heavy atom. The van der Waals surface area contributed by atoms with E-state index in [2.05, 4.69) is 31.1 Å². The first-order valence-electron chi connectivity index (χ1n) is 11.9. The molecule has 1 amide bonds. The first-order chi connectivity index (χ1) is 16.3. The van der Waals surface area contributed by atoms with Crippen LogP contribution in [0.1, 0.15) is 50.4 Å². The number of carbonyl (C=O) groups excluding carboxylic acids is 1. The monoisotopic (exact) mass is 480 g/mol. The Hall–Kier alpha value is -2.84. The zero-order valence-corrected chi connectivity index (χ0v) is 20.8. The zero-order valence-electron chi connectivity index (χ0n) is 20.0. The topological polar surface area (TPSA) is 92.3 Å². The lowest BCUT2D eigenvalue weighted by Crippen LogP contribution is -2.37. The van der Waals surface area contributed by atoms with Crippen molar-refractivity contribution >= 4 is 26.8 Å². The lowest BCUT2D eigenvalue weighted by molar-refractivity contribution is 0.0953. The van der Waals surface area contributed by atoms with Crippen LogP contribution < -0.4 is 5.32 Å². The number of aromatic nitrogens is 2. The zero-order chi connectivity index (χ0) is 24.3. The predicted octanol–water partition coefficient (Wildman–Crippen LogP) is 4.49. The fourth-order valence-electron chi connectivity index (χ4n) is 4.14. The molecule has 0 aliphatic carbocycles. The highest BCUT2D eigenvalue weighted by molar-refractivity contribution is 7.89. The van der Waals surface area contributed by atoms with Crippen LogP contribution in [0.5, 0.6) is 0 Å². The molecule has 3 aromatic rings. The summed E-state index contributed by atoms with van der Waals surface area (Å²) in [6.07, 6.45) is 4.24. The summed E-state index contributed by atoms with van der Waals surface area (Å²) in [5, 5.41) is 3.50. The van der Waals surface area contributed by atoms with E-state index in [0.29, 0.717) is 59.3 Å². The molecule has 3 heterocycles. The Morgan fingerprint density at radius 3 is 2.56 bits per heavy atom. The minimum Gasteiger partial charge on any atom is -0.352 e. The minimum absolute atomic E-state index is 0.193. The van der Waals surface area contributed by atoms with Gasteiger partial charge in [0, 0.05) is 31.2 Å². The molecule has 1 aliphatic heterocycles. The van der Waals surface area contributed by atoms with E-state index in [0.717, 1.165) is 19.3 Å². The highest BCUT2D eigenvalue weighted by Gasteiger charge is 2.29. The number of carbonyl (C=O) groups is 1. The second-order valence-electron chi connectivity index (χ2n) is 9.47. The molecule has 1 saturated heterocycles. The average Bonchev–Trinajstić information content (AvgIpc) is 2.83. The number of piperidine rings is 1. The van der Waals surface area contributed by atoms with E-state index in [1.807, 2.05) is 18.2 Å². The Labute approximate surface area is 201 Å². The predicted molar refractivity (Wildman–Crippen MR) is 134 cm³/mol. The molecule has 0 atom stereocenters. The number of rotatable bonds is 7. The summed E-state index contributed by atoms with van der Waals surface area (Å²) in [6.45, 7) is 7.93. The van der Waals surface area contributed by atoms with E-state index in [9.17, 15) is 13.2 Å². The van der Waals surface area contributed by atoms with E-state index < -0.39 is 10.0 Å². The minimum atomic E-state index is -3.65. The van der Waals surface area contributed by atoms with Gasteiger partial charge in [-0.05, 0) is 67.5 Å². The second kappa shape index (κ2) is 10.2. The quantitative estimate of drug-likeness (QED) is 0.538. The molecule has 8 heteroatoms. The lowest BCUT2D eigenvalue weighted by atomic mass is 10.0. The van der Waals surface area contributed by atoms with Gasteiger partial charge in [0.05, 0.1) is 27.4 Å². The van der Waals surface area contributed by atoms with Gasteiger partial charge in [-0.15, -0.1) is 0 Å². The maximum Gasteiger partial charge on any atom is 0.252 e. The number of hydrogen-bond acceptors (Lipinski definition) is 5. The summed E-state index contributed by atoms with van der Waals surface area (Å²) in [7, 11) is -3.65. The van der Waals surface area contributed by atoms with Crippen molar-refractivity contribution in [3.05, 3.63) is 54.2 Å². The van der Waals surface area contributed by atoms with Crippen molar-refractivity contribution in [3.8, 4) is 11.4 Å². The van der Waals surface area contributed by atoms with Crippen LogP contribution >= 0.6 is 0 Å². The van der Waals surface area contributed by atoms with Gasteiger partial charge in [0.2, 0.25) is 10.0 Å². The molecule has 0 spiro atoms. The third kappa shape index (κ3) is 5.28. The lowest BCUT2D eigenvalue weighted by Gasteiger charge is -2.29. The Bertz CT molecular complexity index is 1270. The van der Waals surface area contributed by atoms with Gasteiger partial charge in [0.1, 0.15) is 0 Å². The molecule has 180 valence electrons. The van der Waals surface area contributed by atoms with Crippen LogP contribution in [0.25, 0.3) is 22.3 Å². The molecule has 0 radical (unpaired) electrons. The van der Waals surface area contributed by atoms with Crippen LogP contribution in [0.4, 0.5) is 0 Å². The summed E-state index contributed by atoms with van der Waals surface area (Å²) < 4.78 is 28.2. The van der Waals surface area contributed by atoms with E-state index >= 15 is 0 Å². The molecular weight excluding hydrogens is 448 g/mol. The highest BCUT2D eigenvalue weighted by Crippen LogP contribution is 2.29. The van der Waals surface area contributed by atoms with Gasteiger partial charge in [0.25, 0.3) is 5.91 Å². The van der Waals surface area contributed by atoms with E-state index in [-0.39, 0.29) is 10.8 Å². The van der Waals surface area contributed by atoms with Gasteiger partial charge in [0.15, 0.2) is 0 Å². The maximum absolute atomic E-state index is 13.3. The summed E-state index contributed by atoms with van der Waals surface area (Å²) in [5.74, 6) is 0.743. The maximum atomic E-state index is 13.3. The fourth-order valence-corrected chi connectivity index (χ4v) is 5.64. The Kier molecular flexibility index (Phi) is 7.28. The highest BCUT2D eigenvalue weighted by atomic mass is 32.2. The van der Waals surface area contributed by atoms with Crippen molar-refractivity contribution < 1.29 is 13.2 Å². The third-order valence-corrected chi connectivity index (χ3v) is 8.23. The van der Waals surface area contributed by atoms with Gasteiger partial charge >= 0.3 is 0 Å². The van der Waals surface area contributed by atoms with Crippen LogP contribution in [0, 0.1) is 11.8 Å². The molecule has 4 rings (SSSR count). The number of nitrogens with zero attached hydrogens (tertiary/aromatic N) is 3. The average molecular weight is 481 g/mol. The van der Waals surface area contributed by atoms with Crippen molar-refractivity contribution in [2.45, 2.75) is 44.9 Å². The van der Waals surface area contributed by atoms with Gasteiger partial charge in [-0.3, -0.25) is 9.78 Å². The summed E-state index contributed by atoms with van der Waals surface area (Å²) >= 11 is 0. The van der Waals surface area contributed by atoms with Crippen molar-refractivity contribution in [2.24, 2.45) is 11.8 Å². The first-order valence-corrected chi connectivity index (χ1v) is 13.3. The van der Waals surface area contributed by atoms with Gasteiger partial charge in [-0.2, -0.15) is 4.31 Å². The normalized spacial score (nSPS) is 15.6. The molecule has 1 fully saturated rings. The van der Waals surface area contributed by atoms with Crippen molar-refractivity contribution in [3.63, 3.8) is 0 Å². The van der Waals surface area contributed by atoms with Crippen LogP contribution in [0.15, 0.2) is 53.6 Å². The second-order valence-corrected chi connectivity index (χ2v) is 11.4. The number of pyridine rings is 2. The number of nitrogens with one attached hydrogen (secondary N) is 1. The summed E-state index contributed by atoms with van der Waals surface area (Å²) in [4.78, 5) is 22.5. The SMILES string of the molecule is CC(C)CCNC(=O)c1cc(-c2ccccn2)nc2ccc(S(=O)(=O)N3CCC(C)CC3)cc12. The molecule has 0 unspecified atom stereocenters. The summed E-state index contributed by atoms with van der Waals surface area (Å²) in [6, 6.07) is 12.1. The molecule has 2 aromatic heterocycles. The smallest absolute Gasteiger partial charge is 0.252 e. The fraction of sp³-hybridized carbons (Fsp3) is 0.423. The van der Waals surface area contributed by atoms with Gasteiger partial charge in [-0.25, -0.2) is 13.4 Å². The number of amides is 1. The summed E-state index contributed by atoms with van der Waals surface area (Å²) in [5.41, 5.74) is 2.18. The molecule has 1 aliphatic rings. The van der Waals surface area contributed by atoms with Crippen molar-refractivity contribution in [1.29, 1.82) is 0 Å². The van der Waals surface area contributed by atoms with Crippen LogP contribution in [-0.4, -0.2) is 48.2 Å². The number of sulfonamides is 1. The van der Waals surface area contributed by atoms with Gasteiger partial charge in [-0.1, -0.05) is 26.8 Å². The van der Waals surface area contributed by atoms with Gasteiger partial charge < -0.3 is 5.32 Å². The van der Waals surface area contributed by atoms with Crippen LogP contribution in [-0.2, 0) is 10.0 Å². The standard InChI is InChI=1S/C26H32N4O3S/c1-18(2)9-13-28-26(31)22-17-25(24-6-4-5-12-27-24)29-23-8-7-20(16-21(22)23)34(32,33)30-14-10-19(3)11-15-30/h4-8,12,16-19H,9-11,13-15H2,1-3H3,(H,28,31). The third-order valence-electron chi connectivity index (χ3n) is 6.34. The molecule has 34 heavy (non-hydrogen) atoms.